The minimum absolute atomic E-state index is 0. The molecule has 10 nitrogen and oxygen atoms in total. The lowest BCUT2D eigenvalue weighted by molar-refractivity contribution is -0.145. The number of esters is 1. The summed E-state index contributed by atoms with van der Waals surface area (Å²) in [5.74, 6) is 0.435. The first-order valence-corrected chi connectivity index (χ1v) is 15.1. The molecule has 2 heterocycles. The molecular formula is C33H45ClN4O6. The average Bonchev–Trinajstić information content (AvgIpc) is 3.59. The van der Waals surface area contributed by atoms with Crippen molar-refractivity contribution in [1.82, 2.24) is 10.2 Å². The number of Topliss-reactive ketones (excluding diaryl/α,β-unsaturated/α-hetero) is 1. The molecule has 1 fully saturated rings. The number of ketones is 1. The van der Waals surface area contributed by atoms with E-state index >= 15 is 0 Å². The fourth-order valence-corrected chi connectivity index (χ4v) is 5.55. The van der Waals surface area contributed by atoms with Crippen LogP contribution in [0.15, 0.2) is 24.3 Å². The number of halogens is 1. The summed E-state index contributed by atoms with van der Waals surface area (Å²) in [6.45, 7) is 14.6. The van der Waals surface area contributed by atoms with E-state index in [1.165, 1.54) is 0 Å². The van der Waals surface area contributed by atoms with Crippen LogP contribution in [0.3, 0.4) is 0 Å². The molecule has 1 saturated heterocycles. The standard InChI is InChI=1S/C33H44N4O6.ClH/c1-7-35-32(40)24-17-23-22(16-28(24)41-8-2)18-37(31(23)34)19-27(38)21-14-25(33(4,5)6)30(43-20-29(39)42-9-3)26(15-21)36-12-10-11-13-36;/h14-17,34H,7-13,18-20H2,1-6H3,(H,35,40);1H. The van der Waals surface area contributed by atoms with Crippen LogP contribution >= 0.6 is 12.4 Å². The second-order valence-corrected chi connectivity index (χ2v) is 11.8. The maximum Gasteiger partial charge on any atom is 0.344 e. The molecule has 0 saturated carbocycles. The van der Waals surface area contributed by atoms with Crippen molar-refractivity contribution >= 4 is 41.6 Å². The maximum absolute atomic E-state index is 13.9. The summed E-state index contributed by atoms with van der Waals surface area (Å²) in [7, 11) is 0. The molecule has 2 aromatic rings. The van der Waals surface area contributed by atoms with Crippen LogP contribution in [0.2, 0.25) is 0 Å². The zero-order valence-corrected chi connectivity index (χ0v) is 27.4. The van der Waals surface area contributed by atoms with Crippen molar-refractivity contribution in [3.63, 3.8) is 0 Å². The van der Waals surface area contributed by atoms with Gasteiger partial charge in [-0.3, -0.25) is 15.0 Å². The van der Waals surface area contributed by atoms with Crippen molar-refractivity contribution in [3.05, 3.63) is 52.1 Å². The van der Waals surface area contributed by atoms with Crippen LogP contribution in [-0.4, -0.2) is 74.4 Å². The van der Waals surface area contributed by atoms with E-state index in [1.807, 2.05) is 26.0 Å². The van der Waals surface area contributed by atoms with Crippen LogP contribution in [0.5, 0.6) is 11.5 Å². The van der Waals surface area contributed by atoms with Gasteiger partial charge in [0.1, 0.15) is 17.3 Å². The predicted octanol–water partition coefficient (Wildman–Crippen LogP) is 5.12. The second kappa shape index (κ2) is 14.8. The SMILES string of the molecule is CCNC(=O)c1cc2c(cc1OCC)CN(CC(=O)c1cc(N3CCCC3)c(OCC(=O)OCC)c(C(C)(C)C)c1)C2=N.Cl. The fourth-order valence-electron chi connectivity index (χ4n) is 5.55. The van der Waals surface area contributed by atoms with E-state index in [0.29, 0.717) is 47.9 Å². The number of benzene rings is 2. The molecule has 0 aliphatic carbocycles. The zero-order chi connectivity index (χ0) is 31.3. The lowest BCUT2D eigenvalue weighted by Gasteiger charge is -2.29. The Kier molecular flexibility index (Phi) is 11.7. The van der Waals surface area contributed by atoms with Crippen LogP contribution in [0, 0.1) is 5.41 Å². The Morgan fingerprint density at radius 3 is 2.30 bits per heavy atom. The number of hydrogen-bond donors (Lipinski definition) is 2. The molecule has 2 aromatic carbocycles. The van der Waals surface area contributed by atoms with E-state index in [4.69, 9.17) is 19.6 Å². The average molecular weight is 629 g/mol. The third kappa shape index (κ3) is 7.64. The fraction of sp³-hybridized carbons (Fsp3) is 0.515. The van der Waals surface area contributed by atoms with Gasteiger partial charge >= 0.3 is 5.97 Å². The molecule has 0 atom stereocenters. The molecule has 2 N–H and O–H groups in total. The van der Waals surface area contributed by atoms with Crippen molar-refractivity contribution in [2.75, 3.05) is 50.9 Å². The number of anilines is 1. The molecular weight excluding hydrogens is 584 g/mol. The van der Waals surface area contributed by atoms with E-state index in [2.05, 4.69) is 31.0 Å². The van der Waals surface area contributed by atoms with Gasteiger partial charge in [0.15, 0.2) is 12.4 Å². The molecule has 0 bridgehead atoms. The van der Waals surface area contributed by atoms with E-state index in [0.717, 1.165) is 42.7 Å². The molecule has 44 heavy (non-hydrogen) atoms. The van der Waals surface area contributed by atoms with Crippen molar-refractivity contribution in [2.24, 2.45) is 0 Å². The highest BCUT2D eigenvalue weighted by atomic mass is 35.5. The van der Waals surface area contributed by atoms with Gasteiger partial charge in [-0.1, -0.05) is 20.8 Å². The first-order chi connectivity index (χ1) is 20.5. The van der Waals surface area contributed by atoms with Crippen molar-refractivity contribution in [2.45, 2.75) is 66.3 Å². The lowest BCUT2D eigenvalue weighted by atomic mass is 9.84. The molecule has 4 rings (SSSR count). The Hall–Kier alpha value is -3.79. The monoisotopic (exact) mass is 628 g/mol. The van der Waals surface area contributed by atoms with Crippen LogP contribution in [-0.2, 0) is 21.5 Å². The van der Waals surface area contributed by atoms with Gasteiger partial charge in [0.2, 0.25) is 0 Å². The summed E-state index contributed by atoms with van der Waals surface area (Å²) in [6.07, 6.45) is 2.07. The van der Waals surface area contributed by atoms with Crippen molar-refractivity contribution < 1.29 is 28.6 Å². The van der Waals surface area contributed by atoms with Crippen LogP contribution in [0.1, 0.15) is 91.8 Å². The van der Waals surface area contributed by atoms with Gasteiger partial charge in [-0.15, -0.1) is 12.4 Å². The number of hydrogen-bond acceptors (Lipinski definition) is 8. The number of carbonyl (C=O) groups excluding carboxylic acids is 3. The molecule has 2 aliphatic rings. The predicted molar refractivity (Wildman–Crippen MR) is 173 cm³/mol. The van der Waals surface area contributed by atoms with Gasteiger partial charge in [-0.25, -0.2) is 4.79 Å². The number of amidine groups is 1. The normalized spacial score (nSPS) is 14.2. The van der Waals surface area contributed by atoms with E-state index in [-0.39, 0.29) is 55.1 Å². The first-order valence-electron chi connectivity index (χ1n) is 15.1. The molecule has 240 valence electrons. The van der Waals surface area contributed by atoms with Crippen LogP contribution < -0.4 is 19.7 Å². The topological polar surface area (TPSA) is 121 Å². The smallest absolute Gasteiger partial charge is 0.344 e. The minimum atomic E-state index is -0.440. The summed E-state index contributed by atoms with van der Waals surface area (Å²) in [4.78, 5) is 42.7. The van der Waals surface area contributed by atoms with E-state index in [9.17, 15) is 14.4 Å². The summed E-state index contributed by atoms with van der Waals surface area (Å²) < 4.78 is 17.0. The number of amides is 1. The van der Waals surface area contributed by atoms with E-state index < -0.39 is 5.97 Å². The number of ether oxygens (including phenoxy) is 3. The minimum Gasteiger partial charge on any atom is -0.493 e. The van der Waals surface area contributed by atoms with Gasteiger partial charge in [-0.2, -0.15) is 0 Å². The quantitative estimate of drug-likeness (QED) is 0.245. The number of fused-ring (bicyclic) bond motifs is 1. The Balaban J connectivity index is 0.00000529. The highest BCUT2D eigenvalue weighted by Crippen LogP contribution is 2.42. The third-order valence-corrected chi connectivity index (χ3v) is 7.64. The number of nitrogens with zero attached hydrogens (tertiary/aromatic N) is 2. The first kappa shape index (κ1) is 34.7. The highest BCUT2D eigenvalue weighted by Gasteiger charge is 2.32. The Labute approximate surface area is 266 Å². The third-order valence-electron chi connectivity index (χ3n) is 7.64. The molecule has 0 unspecified atom stereocenters. The zero-order valence-electron chi connectivity index (χ0n) is 26.6. The molecule has 2 aliphatic heterocycles. The summed E-state index contributed by atoms with van der Waals surface area (Å²) in [5.41, 5.74) is 3.61. The van der Waals surface area contributed by atoms with Crippen molar-refractivity contribution in [1.29, 1.82) is 5.41 Å². The number of carbonyl (C=O) groups is 3. The maximum atomic E-state index is 13.9. The summed E-state index contributed by atoms with van der Waals surface area (Å²) in [6, 6.07) is 7.21. The summed E-state index contributed by atoms with van der Waals surface area (Å²) in [5, 5.41) is 11.7. The van der Waals surface area contributed by atoms with Gasteiger partial charge in [0.05, 0.1) is 31.0 Å². The Morgan fingerprint density at radius 1 is 0.977 bits per heavy atom. The number of rotatable bonds is 12. The van der Waals surface area contributed by atoms with Crippen LogP contribution in [0.25, 0.3) is 0 Å². The molecule has 11 heteroatoms. The van der Waals surface area contributed by atoms with Crippen LogP contribution in [0.4, 0.5) is 5.69 Å². The molecule has 0 spiro atoms. The van der Waals surface area contributed by atoms with Gasteiger partial charge in [-0.05, 0) is 68.9 Å². The Morgan fingerprint density at radius 2 is 1.68 bits per heavy atom. The number of nitrogens with one attached hydrogen (secondary N) is 2. The molecule has 0 radical (unpaired) electrons. The Bertz CT molecular complexity index is 1400. The molecule has 1 amide bonds. The summed E-state index contributed by atoms with van der Waals surface area (Å²) >= 11 is 0. The van der Waals surface area contributed by atoms with Gasteiger partial charge in [0.25, 0.3) is 5.91 Å². The van der Waals surface area contributed by atoms with Gasteiger partial charge < -0.3 is 29.3 Å². The lowest BCUT2D eigenvalue weighted by Crippen LogP contribution is -2.31. The van der Waals surface area contributed by atoms with E-state index in [1.54, 1.807) is 24.0 Å². The largest absolute Gasteiger partial charge is 0.493 e. The molecule has 0 aromatic heterocycles. The van der Waals surface area contributed by atoms with Crippen molar-refractivity contribution in [3.8, 4) is 11.5 Å². The second-order valence-electron chi connectivity index (χ2n) is 11.8. The van der Waals surface area contributed by atoms with Gasteiger partial charge in [0, 0.05) is 42.9 Å². The highest BCUT2D eigenvalue weighted by molar-refractivity contribution is 6.08.